The van der Waals surface area contributed by atoms with E-state index in [1.165, 1.54) is 9.75 Å². The van der Waals surface area contributed by atoms with Crippen LogP contribution in [-0.2, 0) is 12.8 Å². The molecule has 18 heavy (non-hydrogen) atoms. The van der Waals surface area contributed by atoms with E-state index in [0.717, 1.165) is 27.9 Å². The summed E-state index contributed by atoms with van der Waals surface area (Å²) in [6.07, 6.45) is 1.95. The fourth-order valence-corrected chi connectivity index (χ4v) is 3.84. The van der Waals surface area contributed by atoms with Gasteiger partial charge in [0.1, 0.15) is 0 Å². The van der Waals surface area contributed by atoms with E-state index in [-0.39, 0.29) is 6.04 Å². The summed E-state index contributed by atoms with van der Waals surface area (Å²) < 4.78 is 0.981. The third-order valence-corrected chi connectivity index (χ3v) is 5.02. The molecule has 2 rings (SSSR count). The highest BCUT2D eigenvalue weighted by Crippen LogP contribution is 2.29. The Kier molecular flexibility index (Phi) is 4.84. The molecule has 1 heterocycles. The van der Waals surface area contributed by atoms with Crippen LogP contribution in [0, 0.1) is 0 Å². The lowest BCUT2D eigenvalue weighted by Gasteiger charge is -2.13. The van der Waals surface area contributed by atoms with E-state index in [1.54, 1.807) is 0 Å². The minimum atomic E-state index is -0.00000205. The molecule has 4 heteroatoms. The van der Waals surface area contributed by atoms with Crippen LogP contribution in [0.1, 0.15) is 28.3 Å². The summed E-state index contributed by atoms with van der Waals surface area (Å²) >= 11 is 11.3. The minimum absolute atomic E-state index is 0.00000205. The number of halogens is 2. The fraction of sp³-hybridized carbons (Fsp3) is 0.286. The van der Waals surface area contributed by atoms with Crippen LogP contribution >= 0.6 is 38.9 Å². The molecule has 0 bridgehead atoms. The van der Waals surface area contributed by atoms with Crippen molar-refractivity contribution in [2.75, 3.05) is 0 Å². The summed E-state index contributed by atoms with van der Waals surface area (Å²) in [6.45, 7) is 2.17. The fourth-order valence-electron chi connectivity index (χ4n) is 1.85. The van der Waals surface area contributed by atoms with Gasteiger partial charge in [-0.3, -0.25) is 0 Å². The lowest BCUT2D eigenvalue weighted by atomic mass is 10.0. The number of rotatable bonds is 4. The van der Waals surface area contributed by atoms with Crippen molar-refractivity contribution in [3.63, 3.8) is 0 Å². The molecule has 1 aromatic heterocycles. The molecule has 2 aromatic rings. The SMILES string of the molecule is CCc1ccc(CC(N)c2ccc(Cl)cc2Br)s1. The highest BCUT2D eigenvalue weighted by atomic mass is 79.9. The third-order valence-electron chi connectivity index (χ3n) is 2.85. The molecule has 0 radical (unpaired) electrons. The molecule has 0 fully saturated rings. The summed E-state index contributed by atoms with van der Waals surface area (Å²) in [5.41, 5.74) is 7.36. The Balaban J connectivity index is 2.13. The Morgan fingerprint density at radius 3 is 2.61 bits per heavy atom. The Morgan fingerprint density at radius 1 is 1.28 bits per heavy atom. The monoisotopic (exact) mass is 343 g/mol. The first-order chi connectivity index (χ1) is 8.60. The molecule has 2 N–H and O–H groups in total. The Morgan fingerprint density at radius 2 is 2.00 bits per heavy atom. The number of benzene rings is 1. The van der Waals surface area contributed by atoms with E-state index in [1.807, 2.05) is 29.5 Å². The van der Waals surface area contributed by atoms with E-state index in [2.05, 4.69) is 35.0 Å². The molecular weight excluding hydrogens is 330 g/mol. The van der Waals surface area contributed by atoms with E-state index in [0.29, 0.717) is 0 Å². The Hall–Kier alpha value is -0.350. The van der Waals surface area contributed by atoms with Gasteiger partial charge in [0.25, 0.3) is 0 Å². The van der Waals surface area contributed by atoms with Crippen molar-refractivity contribution in [3.8, 4) is 0 Å². The molecule has 0 aliphatic heterocycles. The van der Waals surface area contributed by atoms with Gasteiger partial charge in [-0.1, -0.05) is 40.5 Å². The largest absolute Gasteiger partial charge is 0.324 e. The van der Waals surface area contributed by atoms with Gasteiger partial charge < -0.3 is 5.73 Å². The second kappa shape index (κ2) is 6.20. The quantitative estimate of drug-likeness (QED) is 0.832. The predicted octanol–water partition coefficient (Wildman–Crippen LogP) is 4.97. The number of nitrogens with two attached hydrogens (primary N) is 1. The average Bonchev–Trinajstić information content (AvgIpc) is 2.76. The zero-order valence-electron chi connectivity index (χ0n) is 10.1. The van der Waals surface area contributed by atoms with Crippen LogP contribution in [0.15, 0.2) is 34.8 Å². The van der Waals surface area contributed by atoms with Gasteiger partial charge in [-0.2, -0.15) is 0 Å². The van der Waals surface area contributed by atoms with Crippen LogP contribution in [0.5, 0.6) is 0 Å². The highest BCUT2D eigenvalue weighted by molar-refractivity contribution is 9.10. The summed E-state index contributed by atoms with van der Waals surface area (Å²) in [5.74, 6) is 0. The normalized spacial score (nSPS) is 12.7. The van der Waals surface area contributed by atoms with Crippen LogP contribution in [0.25, 0.3) is 0 Å². The van der Waals surface area contributed by atoms with Gasteiger partial charge in [0.15, 0.2) is 0 Å². The smallest absolute Gasteiger partial charge is 0.0417 e. The zero-order chi connectivity index (χ0) is 13.1. The predicted molar refractivity (Wildman–Crippen MR) is 83.5 cm³/mol. The van der Waals surface area contributed by atoms with Gasteiger partial charge in [0, 0.05) is 31.7 Å². The summed E-state index contributed by atoms with van der Waals surface area (Å²) in [7, 11) is 0. The molecule has 1 aromatic carbocycles. The minimum Gasteiger partial charge on any atom is -0.324 e. The summed E-state index contributed by atoms with van der Waals surface area (Å²) in [5, 5.41) is 0.724. The van der Waals surface area contributed by atoms with Gasteiger partial charge >= 0.3 is 0 Å². The summed E-state index contributed by atoms with van der Waals surface area (Å²) in [4.78, 5) is 2.74. The third kappa shape index (κ3) is 3.35. The van der Waals surface area contributed by atoms with Gasteiger partial charge in [0.2, 0.25) is 0 Å². The molecule has 0 spiro atoms. The second-order valence-electron chi connectivity index (χ2n) is 4.20. The van der Waals surface area contributed by atoms with E-state index in [9.17, 15) is 0 Å². The molecule has 0 saturated heterocycles. The molecule has 1 atom stereocenters. The first-order valence-corrected chi connectivity index (χ1v) is 7.87. The van der Waals surface area contributed by atoms with Gasteiger partial charge in [0.05, 0.1) is 0 Å². The maximum Gasteiger partial charge on any atom is 0.0417 e. The van der Waals surface area contributed by atoms with Crippen molar-refractivity contribution in [1.29, 1.82) is 0 Å². The molecule has 1 nitrogen and oxygen atoms in total. The van der Waals surface area contributed by atoms with Crippen LogP contribution < -0.4 is 5.73 Å². The second-order valence-corrected chi connectivity index (χ2v) is 6.74. The Bertz CT molecular complexity index is 538. The topological polar surface area (TPSA) is 26.0 Å². The van der Waals surface area contributed by atoms with Crippen LogP contribution in [-0.4, -0.2) is 0 Å². The Labute approximate surface area is 125 Å². The van der Waals surface area contributed by atoms with E-state index in [4.69, 9.17) is 17.3 Å². The highest BCUT2D eigenvalue weighted by Gasteiger charge is 2.12. The lowest BCUT2D eigenvalue weighted by molar-refractivity contribution is 0.726. The molecule has 1 unspecified atom stereocenters. The molecular formula is C14H15BrClNS. The van der Waals surface area contributed by atoms with Gasteiger partial charge in [-0.15, -0.1) is 11.3 Å². The number of hydrogen-bond acceptors (Lipinski definition) is 2. The van der Waals surface area contributed by atoms with Crippen LogP contribution in [0.2, 0.25) is 5.02 Å². The van der Waals surface area contributed by atoms with E-state index >= 15 is 0 Å². The van der Waals surface area contributed by atoms with Crippen LogP contribution in [0.4, 0.5) is 0 Å². The first kappa shape index (κ1) is 14.1. The first-order valence-electron chi connectivity index (χ1n) is 5.88. The van der Waals surface area contributed by atoms with Gasteiger partial charge in [-0.25, -0.2) is 0 Å². The number of aryl methyl sites for hydroxylation is 1. The van der Waals surface area contributed by atoms with Crippen molar-refractivity contribution >= 4 is 38.9 Å². The maximum absolute atomic E-state index is 6.26. The molecule has 0 amide bonds. The van der Waals surface area contributed by atoms with Crippen molar-refractivity contribution < 1.29 is 0 Å². The summed E-state index contributed by atoms with van der Waals surface area (Å²) in [6, 6.07) is 10.1. The molecule has 0 saturated carbocycles. The number of hydrogen-bond donors (Lipinski definition) is 1. The zero-order valence-corrected chi connectivity index (χ0v) is 13.3. The molecule has 96 valence electrons. The van der Waals surface area contributed by atoms with Gasteiger partial charge in [-0.05, 0) is 36.2 Å². The van der Waals surface area contributed by atoms with Crippen molar-refractivity contribution in [2.24, 2.45) is 5.73 Å². The lowest BCUT2D eigenvalue weighted by Crippen LogP contribution is -2.13. The van der Waals surface area contributed by atoms with E-state index < -0.39 is 0 Å². The van der Waals surface area contributed by atoms with Crippen molar-refractivity contribution in [1.82, 2.24) is 0 Å². The molecule has 0 aliphatic rings. The standard InChI is InChI=1S/C14H15BrClNS/c1-2-10-4-5-11(18-10)8-14(17)12-6-3-9(16)7-13(12)15/h3-7,14H,2,8,17H2,1H3. The van der Waals surface area contributed by atoms with Crippen molar-refractivity contribution in [2.45, 2.75) is 25.8 Å². The maximum atomic E-state index is 6.26. The van der Waals surface area contributed by atoms with Crippen molar-refractivity contribution in [3.05, 3.63) is 55.1 Å². The average molecular weight is 345 g/mol. The molecule has 0 aliphatic carbocycles. The number of thiophene rings is 1. The van der Waals surface area contributed by atoms with Crippen LogP contribution in [0.3, 0.4) is 0 Å².